The Bertz CT molecular complexity index is 2410. The van der Waals surface area contributed by atoms with E-state index >= 15 is 0 Å². The molecule has 0 amide bonds. The molecule has 5 heterocycles. The van der Waals surface area contributed by atoms with Gasteiger partial charge in [0.05, 0.1) is 31.7 Å². The Morgan fingerprint density at radius 2 is 0.660 bits per heavy atom. The molecule has 6 heteroatoms. The third kappa shape index (κ3) is 5.36. The van der Waals surface area contributed by atoms with Gasteiger partial charge in [-0.05, 0) is 91.2 Å². The lowest BCUT2D eigenvalue weighted by molar-refractivity contribution is 1.03. The van der Waals surface area contributed by atoms with Crippen molar-refractivity contribution < 1.29 is 0 Å². The quantitative estimate of drug-likeness (QED) is 0.187. The molecule has 0 fully saturated rings. The van der Waals surface area contributed by atoms with Gasteiger partial charge in [-0.3, -0.25) is 4.98 Å². The number of rotatable bonds is 4. The molecule has 2 aliphatic heterocycles. The summed E-state index contributed by atoms with van der Waals surface area (Å²) in [4.78, 5) is 18.6. The minimum absolute atomic E-state index is 0.834. The van der Waals surface area contributed by atoms with Crippen molar-refractivity contribution in [2.24, 2.45) is 0 Å². The Hall–Kier alpha value is -5.30. The first-order valence-electron chi connectivity index (χ1n) is 16.7. The van der Waals surface area contributed by atoms with Crippen molar-refractivity contribution in [3.63, 3.8) is 0 Å². The first-order valence-corrected chi connectivity index (χ1v) is 18.3. The van der Waals surface area contributed by atoms with Crippen molar-refractivity contribution >= 4 is 62.9 Å². The number of nitrogens with one attached hydrogen (secondary N) is 2. The summed E-state index contributed by atoms with van der Waals surface area (Å²) in [6, 6.07) is 50.9. The van der Waals surface area contributed by atoms with Gasteiger partial charge < -0.3 is 9.97 Å². The van der Waals surface area contributed by atoms with Crippen molar-refractivity contribution in [2.75, 3.05) is 0 Å². The zero-order valence-corrected chi connectivity index (χ0v) is 30.1. The minimum atomic E-state index is 0.834. The SMILES string of the molecule is BrC1=C(Br)c2nc1c(-c1ccccc1)c1ccc([nH]1)c(-c1ccccc1)c1nc(c(-c3ccccc3)c3ccc([nH]3)c2-c2ccccc2)CC1. The summed E-state index contributed by atoms with van der Waals surface area (Å²) in [5.41, 5.74) is 16.5. The van der Waals surface area contributed by atoms with E-state index in [0.29, 0.717) is 0 Å². The molecule has 0 aliphatic carbocycles. The van der Waals surface area contributed by atoms with Crippen LogP contribution in [0.4, 0.5) is 0 Å². The molecule has 2 N–H and O–H groups in total. The highest BCUT2D eigenvalue weighted by atomic mass is 79.9. The van der Waals surface area contributed by atoms with E-state index in [9.17, 15) is 0 Å². The highest BCUT2D eigenvalue weighted by Crippen LogP contribution is 2.47. The molecular formula is C44H30Br2N4. The summed E-state index contributed by atoms with van der Waals surface area (Å²) in [6.45, 7) is 0. The number of benzene rings is 4. The van der Waals surface area contributed by atoms with Crippen LogP contribution in [0.3, 0.4) is 0 Å². The maximum Gasteiger partial charge on any atom is 0.0891 e. The standard InChI is InChI=1S/C44H30Br2N4/c45-41-42(46)44-40(30-19-11-4-12-20-30)36-26-24-34(49-36)38(28-15-7-2-8-16-28)32-22-21-31(47-32)37(27-13-5-1-6-14-27)33-23-25-35(48-33)39(43(41)50-44)29-17-9-3-10-18-29/h1-20,23-26,48-49H,21-22H2. The van der Waals surface area contributed by atoms with Crippen molar-refractivity contribution in [1.82, 2.24) is 19.9 Å². The summed E-state index contributed by atoms with van der Waals surface area (Å²) in [7, 11) is 0. The molecule has 4 aromatic carbocycles. The highest BCUT2D eigenvalue weighted by Gasteiger charge is 2.26. The number of fused-ring (bicyclic) bond motifs is 8. The normalized spacial score (nSPS) is 12.8. The molecule has 0 unspecified atom stereocenters. The van der Waals surface area contributed by atoms with Crippen LogP contribution in [0.2, 0.25) is 0 Å². The van der Waals surface area contributed by atoms with E-state index in [1.54, 1.807) is 0 Å². The zero-order chi connectivity index (χ0) is 33.6. The van der Waals surface area contributed by atoms with E-state index in [0.717, 1.165) is 111 Å². The maximum absolute atomic E-state index is 5.47. The van der Waals surface area contributed by atoms with Crippen LogP contribution in [0.25, 0.3) is 75.5 Å². The van der Waals surface area contributed by atoms with Crippen molar-refractivity contribution in [3.05, 3.63) is 168 Å². The smallest absolute Gasteiger partial charge is 0.0891 e. The van der Waals surface area contributed by atoms with Gasteiger partial charge in [-0.25, -0.2) is 4.98 Å². The van der Waals surface area contributed by atoms with Crippen molar-refractivity contribution in [2.45, 2.75) is 12.8 Å². The molecule has 240 valence electrons. The monoisotopic (exact) mass is 772 g/mol. The molecule has 0 radical (unpaired) electrons. The molecule has 50 heavy (non-hydrogen) atoms. The number of halogens is 2. The van der Waals surface area contributed by atoms with E-state index < -0.39 is 0 Å². The molecule has 2 aliphatic rings. The van der Waals surface area contributed by atoms with Crippen LogP contribution in [0, 0.1) is 0 Å². The summed E-state index contributed by atoms with van der Waals surface area (Å²) in [6.07, 6.45) is 1.67. The van der Waals surface area contributed by atoms with Gasteiger partial charge in [-0.15, -0.1) is 0 Å². The van der Waals surface area contributed by atoms with Gasteiger partial charge >= 0.3 is 0 Å². The predicted octanol–water partition coefficient (Wildman–Crippen LogP) is 12.4. The highest BCUT2D eigenvalue weighted by molar-refractivity contribution is 9.18. The molecule has 8 bridgehead atoms. The van der Waals surface area contributed by atoms with Crippen LogP contribution in [0.1, 0.15) is 22.8 Å². The van der Waals surface area contributed by atoms with Gasteiger partial charge in [-0.1, -0.05) is 121 Å². The number of hydrogen-bond acceptors (Lipinski definition) is 2. The summed E-state index contributed by atoms with van der Waals surface area (Å²) in [5.74, 6) is 0. The van der Waals surface area contributed by atoms with Gasteiger partial charge in [0, 0.05) is 44.3 Å². The topological polar surface area (TPSA) is 57.4 Å². The number of aromatic nitrogens is 4. The van der Waals surface area contributed by atoms with Gasteiger partial charge in [0.2, 0.25) is 0 Å². The molecule has 0 atom stereocenters. The van der Waals surface area contributed by atoms with E-state index in [1.165, 1.54) is 0 Å². The van der Waals surface area contributed by atoms with Crippen molar-refractivity contribution in [3.8, 4) is 44.5 Å². The lowest BCUT2D eigenvalue weighted by atomic mass is 10.0. The van der Waals surface area contributed by atoms with Crippen molar-refractivity contribution in [1.29, 1.82) is 0 Å². The van der Waals surface area contributed by atoms with Crippen LogP contribution >= 0.6 is 31.9 Å². The van der Waals surface area contributed by atoms with Gasteiger partial charge in [0.1, 0.15) is 0 Å². The Kier molecular flexibility index (Phi) is 7.91. The number of H-pyrrole nitrogens is 2. The Labute approximate surface area is 306 Å². The lowest BCUT2D eigenvalue weighted by Gasteiger charge is -2.07. The second kappa shape index (κ2) is 12.9. The fourth-order valence-electron chi connectivity index (χ4n) is 7.21. The summed E-state index contributed by atoms with van der Waals surface area (Å²) < 4.78 is 1.80. The molecule has 0 saturated heterocycles. The van der Waals surface area contributed by atoms with Gasteiger partial charge in [0.15, 0.2) is 0 Å². The second-order valence-corrected chi connectivity index (χ2v) is 14.1. The number of aryl methyl sites for hydroxylation is 2. The Balaban J connectivity index is 1.51. The largest absolute Gasteiger partial charge is 0.354 e. The minimum Gasteiger partial charge on any atom is -0.354 e. The van der Waals surface area contributed by atoms with E-state index in [4.69, 9.17) is 9.97 Å². The Morgan fingerprint density at radius 1 is 0.360 bits per heavy atom. The zero-order valence-electron chi connectivity index (χ0n) is 26.9. The third-order valence-electron chi connectivity index (χ3n) is 9.45. The van der Waals surface area contributed by atoms with Crippen LogP contribution < -0.4 is 0 Å². The van der Waals surface area contributed by atoms with E-state index in [-0.39, 0.29) is 0 Å². The Morgan fingerprint density at radius 3 is 1.00 bits per heavy atom. The first kappa shape index (κ1) is 30.7. The molecular weight excluding hydrogens is 744 g/mol. The average Bonchev–Trinajstić information content (AvgIpc) is 3.99. The average molecular weight is 775 g/mol. The number of hydrogen-bond donors (Lipinski definition) is 2. The third-order valence-corrected chi connectivity index (χ3v) is 11.5. The number of nitrogens with zero attached hydrogens (tertiary/aromatic N) is 2. The lowest BCUT2D eigenvalue weighted by Crippen LogP contribution is -1.90. The molecule has 9 rings (SSSR count). The molecule has 7 aromatic rings. The van der Waals surface area contributed by atoms with Crippen LogP contribution in [0.5, 0.6) is 0 Å². The van der Waals surface area contributed by atoms with Crippen LogP contribution in [0.15, 0.2) is 146 Å². The predicted molar refractivity (Wildman–Crippen MR) is 215 cm³/mol. The fourth-order valence-corrected chi connectivity index (χ4v) is 8.16. The van der Waals surface area contributed by atoms with E-state index in [1.807, 2.05) is 12.1 Å². The fraction of sp³-hybridized carbons (Fsp3) is 0.0455. The molecule has 4 nitrogen and oxygen atoms in total. The molecule has 0 spiro atoms. The number of aromatic amines is 2. The van der Waals surface area contributed by atoms with Crippen LogP contribution in [-0.2, 0) is 12.8 Å². The molecule has 3 aromatic heterocycles. The van der Waals surface area contributed by atoms with E-state index in [2.05, 4.69) is 175 Å². The molecule has 0 saturated carbocycles. The van der Waals surface area contributed by atoms with Gasteiger partial charge in [-0.2, -0.15) is 0 Å². The maximum atomic E-state index is 5.47. The second-order valence-electron chi connectivity index (χ2n) is 12.5. The summed E-state index contributed by atoms with van der Waals surface area (Å²) >= 11 is 7.98. The van der Waals surface area contributed by atoms with Crippen LogP contribution in [-0.4, -0.2) is 19.9 Å². The van der Waals surface area contributed by atoms with Gasteiger partial charge in [0.25, 0.3) is 0 Å². The first-order chi connectivity index (χ1) is 24.6. The summed E-state index contributed by atoms with van der Waals surface area (Å²) in [5, 5.41) is 0.